The molecule has 0 atom stereocenters. The third-order valence-corrected chi connectivity index (χ3v) is 1.68. The molecule has 15 heavy (non-hydrogen) atoms. The van der Waals surface area contributed by atoms with E-state index in [4.69, 9.17) is 11.6 Å². The normalized spacial score (nSPS) is 11.2. The summed E-state index contributed by atoms with van der Waals surface area (Å²) < 4.78 is 39.8. The summed E-state index contributed by atoms with van der Waals surface area (Å²) >= 11 is 5.15. The van der Waals surface area contributed by atoms with Crippen molar-refractivity contribution in [1.29, 1.82) is 0 Å². The number of carbonyl (C=O) groups excluding carboxylic acids is 1. The van der Waals surface area contributed by atoms with Gasteiger partial charge >= 0.3 is 6.18 Å². The molecular formula is C9H6ClF3O2. The molecule has 0 N–H and O–H groups in total. The first-order valence-electron chi connectivity index (χ1n) is 3.88. The van der Waals surface area contributed by atoms with E-state index in [2.05, 4.69) is 4.74 Å². The number of halogens is 4. The van der Waals surface area contributed by atoms with Crippen LogP contribution in [-0.2, 0) is 0 Å². The third kappa shape index (κ3) is 4.20. The number of hydrogen-bond acceptors (Lipinski definition) is 2. The van der Waals surface area contributed by atoms with Gasteiger partial charge in [-0.15, -0.1) is 0 Å². The lowest BCUT2D eigenvalue weighted by Crippen LogP contribution is -2.19. The standard InChI is InChI=1S/C9H6ClF3O2/c10-8(14)6-2-1-3-7(4-6)15-5-9(11,12)13/h1-4H,5H2. The zero-order valence-electron chi connectivity index (χ0n) is 7.34. The molecule has 2 nitrogen and oxygen atoms in total. The first-order valence-corrected chi connectivity index (χ1v) is 4.26. The number of hydrogen-bond donors (Lipinski definition) is 0. The largest absolute Gasteiger partial charge is 0.484 e. The van der Waals surface area contributed by atoms with Gasteiger partial charge in [-0.1, -0.05) is 6.07 Å². The van der Waals surface area contributed by atoms with Crippen molar-refractivity contribution in [2.45, 2.75) is 6.18 Å². The summed E-state index contributed by atoms with van der Waals surface area (Å²) in [4.78, 5) is 10.7. The van der Waals surface area contributed by atoms with Crippen LogP contribution in [0.1, 0.15) is 10.4 Å². The maximum absolute atomic E-state index is 11.8. The van der Waals surface area contributed by atoms with Crippen LogP contribution in [0.15, 0.2) is 24.3 Å². The van der Waals surface area contributed by atoms with Crippen LogP contribution >= 0.6 is 11.6 Å². The fraction of sp³-hybridized carbons (Fsp3) is 0.222. The predicted octanol–water partition coefficient (Wildman–Crippen LogP) is 3.01. The SMILES string of the molecule is O=C(Cl)c1cccc(OCC(F)(F)F)c1. The van der Waals surface area contributed by atoms with Crippen molar-refractivity contribution in [2.75, 3.05) is 6.61 Å². The summed E-state index contributed by atoms with van der Waals surface area (Å²) in [5.74, 6) is -0.0428. The summed E-state index contributed by atoms with van der Waals surface area (Å²) in [5, 5.41) is -0.743. The number of alkyl halides is 3. The van der Waals surface area contributed by atoms with Crippen molar-refractivity contribution in [2.24, 2.45) is 0 Å². The van der Waals surface area contributed by atoms with E-state index in [1.165, 1.54) is 18.2 Å². The van der Waals surface area contributed by atoms with Gasteiger partial charge in [-0.3, -0.25) is 4.79 Å². The first-order chi connectivity index (χ1) is 6.88. The van der Waals surface area contributed by atoms with Crippen LogP contribution < -0.4 is 4.74 Å². The Labute approximate surface area is 88.6 Å². The third-order valence-electron chi connectivity index (χ3n) is 1.46. The summed E-state index contributed by atoms with van der Waals surface area (Å²) in [6, 6.07) is 5.24. The quantitative estimate of drug-likeness (QED) is 0.757. The van der Waals surface area contributed by atoms with Crippen LogP contribution in [0.2, 0.25) is 0 Å². The zero-order chi connectivity index (χ0) is 11.5. The topological polar surface area (TPSA) is 26.3 Å². The molecule has 1 aromatic rings. The van der Waals surface area contributed by atoms with Crippen molar-refractivity contribution in [1.82, 2.24) is 0 Å². The molecule has 0 bridgehead atoms. The minimum atomic E-state index is -4.40. The van der Waals surface area contributed by atoms with Gasteiger partial charge in [0.2, 0.25) is 0 Å². The van der Waals surface area contributed by atoms with E-state index in [0.29, 0.717) is 0 Å². The zero-order valence-corrected chi connectivity index (χ0v) is 8.10. The molecule has 0 aliphatic rings. The molecule has 0 spiro atoms. The van der Waals surface area contributed by atoms with Crippen LogP contribution in [0.4, 0.5) is 13.2 Å². The van der Waals surface area contributed by atoms with Gasteiger partial charge in [0.25, 0.3) is 5.24 Å². The Kier molecular flexibility index (Phi) is 3.57. The fourth-order valence-corrected chi connectivity index (χ4v) is 0.991. The molecule has 0 fully saturated rings. The molecule has 0 aliphatic carbocycles. The van der Waals surface area contributed by atoms with Crippen molar-refractivity contribution in [3.05, 3.63) is 29.8 Å². The first kappa shape index (κ1) is 11.8. The second kappa shape index (κ2) is 4.53. The van der Waals surface area contributed by atoms with Gasteiger partial charge in [0.15, 0.2) is 6.61 Å². The minimum absolute atomic E-state index is 0.0428. The van der Waals surface area contributed by atoms with Gasteiger partial charge in [0.05, 0.1) is 0 Å². The molecule has 82 valence electrons. The van der Waals surface area contributed by atoms with Gasteiger partial charge in [-0.05, 0) is 29.8 Å². The predicted molar refractivity (Wildman–Crippen MR) is 48.2 cm³/mol. The average molecular weight is 239 g/mol. The Hall–Kier alpha value is -1.23. The van der Waals surface area contributed by atoms with E-state index >= 15 is 0 Å². The van der Waals surface area contributed by atoms with E-state index in [0.717, 1.165) is 6.07 Å². The van der Waals surface area contributed by atoms with Gasteiger partial charge < -0.3 is 4.74 Å². The highest BCUT2D eigenvalue weighted by atomic mass is 35.5. The maximum atomic E-state index is 11.8. The number of rotatable bonds is 3. The molecule has 0 unspecified atom stereocenters. The van der Waals surface area contributed by atoms with Crippen molar-refractivity contribution in [3.63, 3.8) is 0 Å². The Morgan fingerprint density at radius 2 is 2.07 bits per heavy atom. The van der Waals surface area contributed by atoms with E-state index in [-0.39, 0.29) is 11.3 Å². The molecule has 0 aliphatic heterocycles. The fourth-order valence-electron chi connectivity index (χ4n) is 0.873. The van der Waals surface area contributed by atoms with E-state index in [1.54, 1.807) is 0 Å². The molecule has 0 saturated heterocycles. The van der Waals surface area contributed by atoms with Gasteiger partial charge in [-0.2, -0.15) is 13.2 Å². The van der Waals surface area contributed by atoms with Crippen LogP contribution in [0.5, 0.6) is 5.75 Å². The highest BCUT2D eigenvalue weighted by Gasteiger charge is 2.28. The van der Waals surface area contributed by atoms with Crippen molar-refractivity contribution < 1.29 is 22.7 Å². The highest BCUT2D eigenvalue weighted by Crippen LogP contribution is 2.19. The summed E-state index contributed by atoms with van der Waals surface area (Å²) in [6.45, 7) is -1.40. The summed E-state index contributed by atoms with van der Waals surface area (Å²) in [7, 11) is 0. The number of ether oxygens (including phenoxy) is 1. The van der Waals surface area contributed by atoms with Crippen LogP contribution in [0.3, 0.4) is 0 Å². The Morgan fingerprint density at radius 3 is 2.60 bits per heavy atom. The molecular weight excluding hydrogens is 233 g/mol. The number of benzene rings is 1. The van der Waals surface area contributed by atoms with Crippen molar-refractivity contribution in [3.8, 4) is 5.75 Å². The van der Waals surface area contributed by atoms with Crippen LogP contribution in [0, 0.1) is 0 Å². The second-order valence-corrected chi connectivity index (χ2v) is 3.05. The average Bonchev–Trinajstić information content (AvgIpc) is 2.14. The minimum Gasteiger partial charge on any atom is -0.484 e. The molecule has 1 aromatic carbocycles. The molecule has 0 radical (unpaired) electrons. The van der Waals surface area contributed by atoms with E-state index in [1.807, 2.05) is 0 Å². The lowest BCUT2D eigenvalue weighted by molar-refractivity contribution is -0.153. The molecule has 0 heterocycles. The van der Waals surface area contributed by atoms with E-state index in [9.17, 15) is 18.0 Å². The molecule has 1 rings (SSSR count). The second-order valence-electron chi connectivity index (χ2n) is 2.71. The Morgan fingerprint density at radius 1 is 1.40 bits per heavy atom. The summed E-state index contributed by atoms with van der Waals surface area (Å²) in [5.41, 5.74) is 0.0938. The highest BCUT2D eigenvalue weighted by molar-refractivity contribution is 6.67. The van der Waals surface area contributed by atoms with Gasteiger partial charge in [-0.25, -0.2) is 0 Å². The molecule has 6 heteroatoms. The van der Waals surface area contributed by atoms with Crippen LogP contribution in [0.25, 0.3) is 0 Å². The monoisotopic (exact) mass is 238 g/mol. The lowest BCUT2D eigenvalue weighted by atomic mass is 10.2. The van der Waals surface area contributed by atoms with Gasteiger partial charge in [0.1, 0.15) is 5.75 Å². The Balaban J connectivity index is 2.70. The van der Waals surface area contributed by atoms with Crippen LogP contribution in [-0.4, -0.2) is 18.0 Å². The summed E-state index contributed by atoms with van der Waals surface area (Å²) in [6.07, 6.45) is -4.40. The van der Waals surface area contributed by atoms with E-state index < -0.39 is 18.0 Å². The lowest BCUT2D eigenvalue weighted by Gasteiger charge is -2.09. The smallest absolute Gasteiger partial charge is 0.422 e. The molecule has 0 aromatic heterocycles. The molecule has 0 saturated carbocycles. The Bertz CT molecular complexity index is 363. The van der Waals surface area contributed by atoms with Gasteiger partial charge in [0, 0.05) is 5.56 Å². The number of carbonyl (C=O) groups is 1. The maximum Gasteiger partial charge on any atom is 0.422 e. The van der Waals surface area contributed by atoms with Crippen molar-refractivity contribution >= 4 is 16.8 Å². The molecule has 0 amide bonds.